The molecule has 0 bridgehead atoms. The Bertz CT molecular complexity index is 1170. The van der Waals surface area contributed by atoms with Crippen molar-refractivity contribution >= 4 is 33.3 Å². The number of rotatable bonds is 4. The highest BCUT2D eigenvalue weighted by Crippen LogP contribution is 2.36. The predicted molar refractivity (Wildman–Crippen MR) is 99.4 cm³/mol. The quantitative estimate of drug-likeness (QED) is 0.521. The fraction of sp³-hybridized carbons (Fsp3) is 0.176. The van der Waals surface area contributed by atoms with E-state index < -0.39 is 6.10 Å². The van der Waals surface area contributed by atoms with Crippen molar-refractivity contribution in [1.82, 2.24) is 20.2 Å². The molecule has 4 aromatic rings. The van der Waals surface area contributed by atoms with Gasteiger partial charge in [0, 0.05) is 0 Å². The normalized spacial score (nSPS) is 15.9. The van der Waals surface area contributed by atoms with Crippen LogP contribution in [0.2, 0.25) is 0 Å². The Morgan fingerprint density at radius 1 is 1.22 bits per heavy atom. The molecular formula is C17H12N4O4S2. The summed E-state index contributed by atoms with van der Waals surface area (Å²) in [5.41, 5.74) is 0.556. The Kier molecular flexibility index (Phi) is 4.06. The number of ether oxygens (including phenoxy) is 2. The van der Waals surface area contributed by atoms with Crippen molar-refractivity contribution in [2.24, 2.45) is 0 Å². The molecular weight excluding hydrogens is 388 g/mol. The Hall–Kier alpha value is -2.85. The minimum absolute atomic E-state index is 0.136. The molecule has 0 aliphatic carbocycles. The van der Waals surface area contributed by atoms with E-state index in [2.05, 4.69) is 20.2 Å². The van der Waals surface area contributed by atoms with Crippen molar-refractivity contribution in [2.75, 3.05) is 6.61 Å². The van der Waals surface area contributed by atoms with Crippen LogP contribution in [0.15, 0.2) is 50.1 Å². The molecule has 0 unspecified atom stereocenters. The van der Waals surface area contributed by atoms with Gasteiger partial charge in [-0.2, -0.15) is 0 Å². The maximum absolute atomic E-state index is 12.0. The lowest BCUT2D eigenvalue weighted by Crippen LogP contribution is -2.21. The van der Waals surface area contributed by atoms with Gasteiger partial charge in [0.05, 0.1) is 11.3 Å². The van der Waals surface area contributed by atoms with E-state index in [9.17, 15) is 4.79 Å². The van der Waals surface area contributed by atoms with Crippen LogP contribution >= 0.6 is 23.1 Å². The molecule has 1 aliphatic heterocycles. The summed E-state index contributed by atoms with van der Waals surface area (Å²) in [6, 6.07) is 9.26. The monoisotopic (exact) mass is 400 g/mol. The van der Waals surface area contributed by atoms with Crippen LogP contribution in [0.4, 0.5) is 0 Å². The van der Waals surface area contributed by atoms with Gasteiger partial charge in [-0.1, -0.05) is 23.9 Å². The van der Waals surface area contributed by atoms with Crippen LogP contribution in [-0.2, 0) is 5.75 Å². The lowest BCUT2D eigenvalue weighted by molar-refractivity contribution is 0.0686. The number of benzene rings is 1. The number of nitrogens with zero attached hydrogens (tertiary/aromatic N) is 3. The lowest BCUT2D eigenvalue weighted by Gasteiger charge is -2.23. The van der Waals surface area contributed by atoms with Crippen LogP contribution in [-0.4, -0.2) is 26.8 Å². The smallest absolute Gasteiger partial charge is 0.277 e. The minimum atomic E-state index is -0.457. The van der Waals surface area contributed by atoms with Gasteiger partial charge in [-0.15, -0.1) is 21.5 Å². The van der Waals surface area contributed by atoms with E-state index in [0.717, 1.165) is 0 Å². The van der Waals surface area contributed by atoms with Crippen LogP contribution in [0.5, 0.6) is 11.5 Å². The highest BCUT2D eigenvalue weighted by Gasteiger charge is 2.27. The number of nitrogens with one attached hydrogen (secondary N) is 1. The third kappa shape index (κ3) is 3.17. The van der Waals surface area contributed by atoms with Gasteiger partial charge in [0.1, 0.15) is 17.1 Å². The molecule has 10 heteroatoms. The molecule has 3 aromatic heterocycles. The average molecular weight is 400 g/mol. The SMILES string of the molecule is O=c1[nH]c(CSc2nnc([C@@H]3COc4ccccc4O3)o2)nc2ccsc12. The van der Waals surface area contributed by atoms with Gasteiger partial charge < -0.3 is 18.9 Å². The third-order valence-electron chi connectivity index (χ3n) is 3.90. The van der Waals surface area contributed by atoms with Crippen molar-refractivity contribution in [3.8, 4) is 11.5 Å². The fourth-order valence-electron chi connectivity index (χ4n) is 2.67. The first-order valence-electron chi connectivity index (χ1n) is 8.07. The first-order chi connectivity index (χ1) is 13.3. The molecule has 1 atom stereocenters. The van der Waals surface area contributed by atoms with E-state index in [-0.39, 0.29) is 5.56 Å². The summed E-state index contributed by atoms with van der Waals surface area (Å²) < 4.78 is 17.8. The van der Waals surface area contributed by atoms with Crippen molar-refractivity contribution in [3.05, 3.63) is 57.8 Å². The highest BCUT2D eigenvalue weighted by atomic mass is 32.2. The largest absolute Gasteiger partial charge is 0.485 e. The van der Waals surface area contributed by atoms with Gasteiger partial charge in [0.15, 0.2) is 11.5 Å². The van der Waals surface area contributed by atoms with Gasteiger partial charge in [-0.3, -0.25) is 4.79 Å². The van der Waals surface area contributed by atoms with Crippen molar-refractivity contribution in [1.29, 1.82) is 0 Å². The molecule has 1 aromatic carbocycles. The van der Waals surface area contributed by atoms with E-state index in [1.165, 1.54) is 23.1 Å². The average Bonchev–Trinajstić information content (AvgIpc) is 3.36. The Labute approximate surface area is 160 Å². The molecule has 1 N–H and O–H groups in total. The van der Waals surface area contributed by atoms with Gasteiger partial charge in [0.2, 0.25) is 6.10 Å². The van der Waals surface area contributed by atoms with E-state index >= 15 is 0 Å². The number of thiophene rings is 1. The Morgan fingerprint density at radius 3 is 3.04 bits per heavy atom. The van der Waals surface area contributed by atoms with Crippen molar-refractivity contribution in [2.45, 2.75) is 17.1 Å². The number of aromatic nitrogens is 4. The summed E-state index contributed by atoms with van der Waals surface area (Å²) in [4.78, 5) is 19.2. The zero-order valence-corrected chi connectivity index (χ0v) is 15.4. The van der Waals surface area contributed by atoms with E-state index in [1.54, 1.807) is 0 Å². The second-order valence-electron chi connectivity index (χ2n) is 5.71. The van der Waals surface area contributed by atoms with Crippen LogP contribution < -0.4 is 15.0 Å². The fourth-order valence-corrected chi connectivity index (χ4v) is 4.04. The molecule has 0 fully saturated rings. The number of fused-ring (bicyclic) bond motifs is 2. The number of para-hydroxylation sites is 2. The maximum atomic E-state index is 12.0. The molecule has 1 aliphatic rings. The van der Waals surface area contributed by atoms with Gasteiger partial charge in [0.25, 0.3) is 16.7 Å². The van der Waals surface area contributed by atoms with Crippen LogP contribution in [0, 0.1) is 0 Å². The second kappa shape index (κ2) is 6.71. The minimum Gasteiger partial charge on any atom is -0.485 e. The molecule has 0 saturated carbocycles. The molecule has 4 heterocycles. The number of aromatic amines is 1. The number of hydrogen-bond acceptors (Lipinski definition) is 9. The number of H-pyrrole nitrogens is 1. The van der Waals surface area contributed by atoms with Gasteiger partial charge in [-0.05, 0) is 23.6 Å². The summed E-state index contributed by atoms with van der Waals surface area (Å²) in [6.45, 7) is 0.299. The number of hydrogen-bond donors (Lipinski definition) is 1. The Balaban J connectivity index is 1.29. The maximum Gasteiger partial charge on any atom is 0.277 e. The van der Waals surface area contributed by atoms with Crippen LogP contribution in [0.3, 0.4) is 0 Å². The second-order valence-corrected chi connectivity index (χ2v) is 7.55. The van der Waals surface area contributed by atoms with Crippen molar-refractivity contribution < 1.29 is 13.9 Å². The Morgan fingerprint density at radius 2 is 2.11 bits per heavy atom. The molecule has 5 rings (SSSR count). The standard InChI is InChI=1S/C17H12N4O4S2/c22-15-14-9(5-6-26-14)18-13(19-15)8-27-17-21-20-16(25-17)12-7-23-10-3-1-2-4-11(10)24-12/h1-6,12H,7-8H2,(H,18,19,22)/t12-/m0/s1. The van der Waals surface area contributed by atoms with Gasteiger partial charge >= 0.3 is 0 Å². The predicted octanol–water partition coefficient (Wildman–Crippen LogP) is 3.17. The van der Waals surface area contributed by atoms with E-state index in [0.29, 0.717) is 51.0 Å². The number of thioether (sulfide) groups is 1. The molecule has 8 nitrogen and oxygen atoms in total. The molecule has 0 saturated heterocycles. The summed E-state index contributed by atoms with van der Waals surface area (Å²) in [7, 11) is 0. The first-order valence-corrected chi connectivity index (χ1v) is 9.94. The summed E-state index contributed by atoms with van der Waals surface area (Å²) in [6.07, 6.45) is -0.457. The lowest BCUT2D eigenvalue weighted by atomic mass is 10.2. The van der Waals surface area contributed by atoms with Crippen LogP contribution in [0.25, 0.3) is 10.2 Å². The molecule has 0 spiro atoms. The summed E-state index contributed by atoms with van der Waals surface area (Å²) in [5, 5.41) is 10.3. The zero-order valence-electron chi connectivity index (χ0n) is 13.7. The van der Waals surface area contributed by atoms with Crippen LogP contribution in [0.1, 0.15) is 17.8 Å². The van der Waals surface area contributed by atoms with Gasteiger partial charge in [-0.25, -0.2) is 4.98 Å². The highest BCUT2D eigenvalue weighted by molar-refractivity contribution is 7.98. The van der Waals surface area contributed by atoms with E-state index in [4.69, 9.17) is 13.9 Å². The molecule has 0 amide bonds. The summed E-state index contributed by atoms with van der Waals surface area (Å²) in [5.74, 6) is 2.66. The molecule has 136 valence electrons. The van der Waals surface area contributed by atoms with E-state index in [1.807, 2.05) is 35.7 Å². The third-order valence-corrected chi connectivity index (χ3v) is 5.63. The topological polar surface area (TPSA) is 103 Å². The zero-order chi connectivity index (χ0) is 18.2. The molecule has 0 radical (unpaired) electrons. The summed E-state index contributed by atoms with van der Waals surface area (Å²) >= 11 is 2.67. The van der Waals surface area contributed by atoms with Crippen molar-refractivity contribution in [3.63, 3.8) is 0 Å². The first kappa shape index (κ1) is 16.3. The molecule has 27 heavy (non-hydrogen) atoms.